The highest BCUT2D eigenvalue weighted by atomic mass is 15.1. The van der Waals surface area contributed by atoms with E-state index in [0.29, 0.717) is 6.04 Å². The highest BCUT2D eigenvalue weighted by molar-refractivity contribution is 5.91. The lowest BCUT2D eigenvalue weighted by molar-refractivity contribution is 0.532. The van der Waals surface area contributed by atoms with Gasteiger partial charge in [-0.2, -0.15) is 0 Å². The minimum absolute atomic E-state index is 0.646. The minimum atomic E-state index is 0.646. The first kappa shape index (κ1) is 14.7. The van der Waals surface area contributed by atoms with E-state index in [-0.39, 0.29) is 0 Å². The maximum absolute atomic E-state index is 4.69. The number of hydrogen-bond donors (Lipinski definition) is 0. The fraction of sp³-hybridized carbons (Fsp3) is 0.261. The van der Waals surface area contributed by atoms with Crippen LogP contribution in [-0.2, 0) is 0 Å². The third kappa shape index (κ3) is 2.62. The van der Waals surface area contributed by atoms with Crippen LogP contribution in [0.5, 0.6) is 0 Å². The number of allylic oxidation sites excluding steroid dienone is 4. The number of imidazole rings is 1. The highest BCUT2D eigenvalue weighted by Crippen LogP contribution is 2.35. The van der Waals surface area contributed by atoms with E-state index in [2.05, 4.69) is 65.3 Å². The van der Waals surface area contributed by atoms with Crippen molar-refractivity contribution in [2.45, 2.75) is 38.1 Å². The monoisotopic (exact) mass is 326 g/mol. The summed E-state index contributed by atoms with van der Waals surface area (Å²) in [4.78, 5) is 4.69. The molecule has 2 aliphatic rings. The molecule has 0 unspecified atom stereocenters. The first-order chi connectivity index (χ1) is 12.4. The second-order valence-electron chi connectivity index (χ2n) is 7.19. The third-order valence-corrected chi connectivity index (χ3v) is 5.64. The summed E-state index contributed by atoms with van der Waals surface area (Å²) >= 11 is 0. The average Bonchev–Trinajstić information content (AvgIpc) is 3.41. The molecule has 1 fully saturated rings. The molecule has 2 aliphatic carbocycles. The number of benzene rings is 2. The maximum atomic E-state index is 4.69. The van der Waals surface area contributed by atoms with Gasteiger partial charge in [-0.25, -0.2) is 4.98 Å². The molecule has 0 atom stereocenters. The molecule has 0 N–H and O–H groups in total. The average molecular weight is 326 g/mol. The van der Waals surface area contributed by atoms with Crippen LogP contribution in [0.1, 0.15) is 49.3 Å². The van der Waals surface area contributed by atoms with Gasteiger partial charge in [-0.3, -0.25) is 0 Å². The van der Waals surface area contributed by atoms with Gasteiger partial charge >= 0.3 is 0 Å². The van der Waals surface area contributed by atoms with Crippen LogP contribution >= 0.6 is 0 Å². The van der Waals surface area contributed by atoms with Crippen molar-refractivity contribution in [2.24, 2.45) is 0 Å². The molecule has 1 saturated carbocycles. The van der Waals surface area contributed by atoms with E-state index in [9.17, 15) is 0 Å². The second kappa shape index (κ2) is 6.03. The van der Waals surface area contributed by atoms with Crippen LogP contribution in [0, 0.1) is 0 Å². The Hall–Kier alpha value is -2.61. The summed E-state index contributed by atoms with van der Waals surface area (Å²) in [6, 6.07) is 18.1. The standard InChI is InChI=1S/C23H22N2/c1-2-6-17(7-3-1)18-10-11-19(14-18)20-12-13-23-22(15-20)24-16-25(23)21-8-4-5-9-21/h1-3,6-7,10,12-16,21H,4-5,8-9,11H2. The Bertz CT molecular complexity index is 970. The first-order valence-corrected chi connectivity index (χ1v) is 9.31. The van der Waals surface area contributed by atoms with E-state index >= 15 is 0 Å². The number of nitrogens with zero attached hydrogens (tertiary/aromatic N) is 2. The molecule has 2 heteroatoms. The smallest absolute Gasteiger partial charge is 0.0960 e. The molecule has 0 saturated heterocycles. The lowest BCUT2D eigenvalue weighted by Gasteiger charge is -2.12. The molecule has 25 heavy (non-hydrogen) atoms. The molecule has 2 nitrogen and oxygen atoms in total. The van der Waals surface area contributed by atoms with Gasteiger partial charge in [-0.05, 0) is 53.7 Å². The SMILES string of the molecule is C1=C(c2ccccc2)C=C(c2ccc3c(c2)ncn3C2CCCC2)C1. The number of rotatable bonds is 3. The van der Waals surface area contributed by atoms with Gasteiger partial charge in [0, 0.05) is 6.04 Å². The lowest BCUT2D eigenvalue weighted by Crippen LogP contribution is -2.02. The van der Waals surface area contributed by atoms with Gasteiger partial charge in [-0.1, -0.05) is 61.4 Å². The molecule has 0 radical (unpaired) electrons. The molecule has 1 heterocycles. The summed E-state index contributed by atoms with van der Waals surface area (Å²) in [5.41, 5.74) is 7.71. The predicted octanol–water partition coefficient (Wildman–Crippen LogP) is 6.02. The molecular formula is C23H22N2. The van der Waals surface area contributed by atoms with Crippen molar-refractivity contribution in [1.82, 2.24) is 9.55 Å². The molecule has 0 spiro atoms. The first-order valence-electron chi connectivity index (χ1n) is 9.31. The Morgan fingerprint density at radius 2 is 1.76 bits per heavy atom. The summed E-state index contributed by atoms with van der Waals surface area (Å²) in [5, 5.41) is 0. The quantitative estimate of drug-likeness (QED) is 0.575. The topological polar surface area (TPSA) is 17.8 Å². The van der Waals surface area contributed by atoms with Gasteiger partial charge in [0.2, 0.25) is 0 Å². The normalized spacial score (nSPS) is 17.9. The minimum Gasteiger partial charge on any atom is -0.327 e. The van der Waals surface area contributed by atoms with Crippen molar-refractivity contribution in [3.63, 3.8) is 0 Å². The summed E-state index contributed by atoms with van der Waals surface area (Å²) in [5.74, 6) is 0. The fourth-order valence-corrected chi connectivity index (χ4v) is 4.26. The Morgan fingerprint density at radius 1 is 0.920 bits per heavy atom. The molecule has 0 bridgehead atoms. The van der Waals surface area contributed by atoms with Crippen LogP contribution < -0.4 is 0 Å². The molecule has 124 valence electrons. The summed E-state index contributed by atoms with van der Waals surface area (Å²) in [6.45, 7) is 0. The van der Waals surface area contributed by atoms with Crippen LogP contribution in [0.4, 0.5) is 0 Å². The van der Waals surface area contributed by atoms with Crippen molar-refractivity contribution >= 4 is 22.2 Å². The maximum Gasteiger partial charge on any atom is 0.0960 e. The van der Waals surface area contributed by atoms with E-state index in [1.54, 1.807) is 0 Å². The van der Waals surface area contributed by atoms with Gasteiger partial charge in [0.15, 0.2) is 0 Å². The highest BCUT2D eigenvalue weighted by Gasteiger charge is 2.19. The molecule has 5 rings (SSSR count). The fourth-order valence-electron chi connectivity index (χ4n) is 4.26. The predicted molar refractivity (Wildman–Crippen MR) is 104 cm³/mol. The Labute approximate surface area is 148 Å². The molecule has 3 aromatic rings. The van der Waals surface area contributed by atoms with Crippen molar-refractivity contribution in [2.75, 3.05) is 0 Å². The van der Waals surface area contributed by atoms with Gasteiger partial charge in [0.1, 0.15) is 0 Å². The van der Waals surface area contributed by atoms with Gasteiger partial charge < -0.3 is 4.57 Å². The molecule has 2 aromatic carbocycles. The van der Waals surface area contributed by atoms with Crippen LogP contribution in [0.2, 0.25) is 0 Å². The zero-order valence-electron chi connectivity index (χ0n) is 14.4. The number of aromatic nitrogens is 2. The van der Waals surface area contributed by atoms with Gasteiger partial charge in [-0.15, -0.1) is 0 Å². The summed E-state index contributed by atoms with van der Waals surface area (Å²) < 4.78 is 2.39. The third-order valence-electron chi connectivity index (χ3n) is 5.64. The van der Waals surface area contributed by atoms with E-state index in [0.717, 1.165) is 11.9 Å². The Morgan fingerprint density at radius 3 is 2.60 bits per heavy atom. The van der Waals surface area contributed by atoms with E-state index < -0.39 is 0 Å². The van der Waals surface area contributed by atoms with E-state index in [1.165, 1.54) is 53.5 Å². The van der Waals surface area contributed by atoms with Crippen LogP contribution in [0.3, 0.4) is 0 Å². The molecule has 0 aliphatic heterocycles. The molecule has 0 amide bonds. The number of hydrogen-bond acceptors (Lipinski definition) is 1. The zero-order valence-corrected chi connectivity index (χ0v) is 14.4. The van der Waals surface area contributed by atoms with E-state index in [4.69, 9.17) is 4.98 Å². The molecule has 1 aromatic heterocycles. The number of fused-ring (bicyclic) bond motifs is 1. The Balaban J connectivity index is 1.46. The lowest BCUT2D eigenvalue weighted by atomic mass is 10.0. The van der Waals surface area contributed by atoms with Crippen molar-refractivity contribution in [3.05, 3.63) is 78.1 Å². The van der Waals surface area contributed by atoms with Crippen molar-refractivity contribution in [3.8, 4) is 0 Å². The van der Waals surface area contributed by atoms with Crippen LogP contribution in [-0.4, -0.2) is 9.55 Å². The second-order valence-corrected chi connectivity index (χ2v) is 7.19. The van der Waals surface area contributed by atoms with E-state index in [1.807, 2.05) is 6.33 Å². The van der Waals surface area contributed by atoms with Crippen LogP contribution in [0.25, 0.3) is 22.2 Å². The molecular weight excluding hydrogens is 304 g/mol. The van der Waals surface area contributed by atoms with Gasteiger partial charge in [0.25, 0.3) is 0 Å². The van der Waals surface area contributed by atoms with Crippen molar-refractivity contribution < 1.29 is 0 Å². The van der Waals surface area contributed by atoms with Crippen molar-refractivity contribution in [1.29, 1.82) is 0 Å². The largest absolute Gasteiger partial charge is 0.327 e. The Kier molecular flexibility index (Phi) is 3.55. The van der Waals surface area contributed by atoms with Gasteiger partial charge in [0.05, 0.1) is 17.4 Å². The summed E-state index contributed by atoms with van der Waals surface area (Å²) in [6.07, 6.45) is 13.0. The summed E-state index contributed by atoms with van der Waals surface area (Å²) in [7, 11) is 0. The van der Waals surface area contributed by atoms with Crippen LogP contribution in [0.15, 0.2) is 67.0 Å². The zero-order chi connectivity index (χ0) is 16.6.